The summed E-state index contributed by atoms with van der Waals surface area (Å²) in [5, 5.41) is 3.08. The highest BCUT2D eigenvalue weighted by Gasteiger charge is 2.35. The molecule has 1 heterocycles. The third kappa shape index (κ3) is 3.55. The molecule has 1 aliphatic heterocycles. The van der Waals surface area contributed by atoms with E-state index in [1.807, 2.05) is 18.2 Å². The number of carbonyl (C=O) groups excluding carboxylic acids is 1. The van der Waals surface area contributed by atoms with Crippen molar-refractivity contribution in [1.82, 2.24) is 5.32 Å². The van der Waals surface area contributed by atoms with Crippen LogP contribution < -0.4 is 15.8 Å². The third-order valence-corrected chi connectivity index (χ3v) is 4.79. The van der Waals surface area contributed by atoms with Crippen molar-refractivity contribution in [2.24, 2.45) is 5.73 Å². The molecule has 1 amide bonds. The van der Waals surface area contributed by atoms with E-state index in [1.165, 1.54) is 12.0 Å². The molecule has 0 aromatic heterocycles. The topological polar surface area (TPSA) is 64.4 Å². The molecule has 3 rings (SSSR count). The van der Waals surface area contributed by atoms with Gasteiger partial charge in [0.15, 0.2) is 0 Å². The predicted octanol–water partition coefficient (Wildman–Crippen LogP) is 2.75. The van der Waals surface area contributed by atoms with Crippen LogP contribution in [0.15, 0.2) is 24.3 Å². The van der Waals surface area contributed by atoms with E-state index in [9.17, 15) is 4.79 Å². The zero-order chi connectivity index (χ0) is 14.7. The van der Waals surface area contributed by atoms with E-state index in [1.54, 1.807) is 0 Å². The number of fused-ring (bicyclic) bond motifs is 1. The van der Waals surface area contributed by atoms with Crippen molar-refractivity contribution < 1.29 is 9.53 Å². The molecule has 3 N–H and O–H groups in total. The summed E-state index contributed by atoms with van der Waals surface area (Å²) in [7, 11) is 0. The number of amides is 1. The maximum atomic E-state index is 12.4. The van der Waals surface area contributed by atoms with Gasteiger partial charge < -0.3 is 15.8 Å². The van der Waals surface area contributed by atoms with Gasteiger partial charge in [-0.15, -0.1) is 12.4 Å². The number of ether oxygens (including phenoxy) is 1. The van der Waals surface area contributed by atoms with E-state index < -0.39 is 5.54 Å². The number of rotatable bonds is 3. The quantitative estimate of drug-likeness (QED) is 0.898. The molecule has 0 saturated heterocycles. The Labute approximate surface area is 138 Å². The Bertz CT molecular complexity index is 515. The lowest BCUT2D eigenvalue weighted by Gasteiger charge is -2.33. The average Bonchev–Trinajstić information content (AvgIpc) is 2.53. The molecule has 2 aliphatic rings. The van der Waals surface area contributed by atoms with Crippen molar-refractivity contribution in [1.29, 1.82) is 0 Å². The Morgan fingerprint density at radius 3 is 2.77 bits per heavy atom. The van der Waals surface area contributed by atoms with E-state index in [0.717, 1.165) is 37.9 Å². The summed E-state index contributed by atoms with van der Waals surface area (Å²) >= 11 is 0. The second-order valence-corrected chi connectivity index (χ2v) is 6.30. The largest absolute Gasteiger partial charge is 0.493 e. The minimum absolute atomic E-state index is 0. The van der Waals surface area contributed by atoms with Gasteiger partial charge >= 0.3 is 0 Å². The van der Waals surface area contributed by atoms with E-state index in [4.69, 9.17) is 10.5 Å². The first kappa shape index (κ1) is 17.1. The summed E-state index contributed by atoms with van der Waals surface area (Å²) in [6.07, 6.45) is 5.87. The van der Waals surface area contributed by atoms with Crippen LogP contribution in [0.1, 0.15) is 50.0 Å². The van der Waals surface area contributed by atoms with Gasteiger partial charge in [-0.1, -0.05) is 37.5 Å². The fourth-order valence-corrected chi connectivity index (χ4v) is 3.43. The van der Waals surface area contributed by atoms with Gasteiger partial charge in [0, 0.05) is 12.5 Å². The third-order valence-electron chi connectivity index (χ3n) is 4.79. The maximum absolute atomic E-state index is 12.4. The van der Waals surface area contributed by atoms with Crippen molar-refractivity contribution in [3.8, 4) is 5.75 Å². The standard InChI is InChI=1S/C17H24N2O2.ClH/c18-17(9-4-1-5-10-17)16(20)19-12-13-8-11-21-15-7-3-2-6-14(13)15;/h2-3,6-7,13H,1,4-5,8-12,18H2,(H,19,20);1H. The Balaban J connectivity index is 0.00000176. The number of nitrogens with two attached hydrogens (primary N) is 1. The predicted molar refractivity (Wildman–Crippen MR) is 89.6 cm³/mol. The molecule has 1 atom stereocenters. The summed E-state index contributed by atoms with van der Waals surface area (Å²) in [5.41, 5.74) is 6.82. The molecule has 4 nitrogen and oxygen atoms in total. The number of halogens is 1. The van der Waals surface area contributed by atoms with Crippen LogP contribution in [-0.2, 0) is 4.79 Å². The second kappa shape index (κ2) is 7.34. The molecule has 0 bridgehead atoms. The highest BCUT2D eigenvalue weighted by molar-refractivity contribution is 5.86. The first-order valence-corrected chi connectivity index (χ1v) is 7.98. The number of hydrogen-bond acceptors (Lipinski definition) is 3. The summed E-state index contributed by atoms with van der Waals surface area (Å²) in [6, 6.07) is 8.09. The molecule has 1 saturated carbocycles. The van der Waals surface area contributed by atoms with Gasteiger partial charge in [0.2, 0.25) is 5.91 Å². The van der Waals surface area contributed by atoms with Crippen LogP contribution in [0.4, 0.5) is 0 Å². The van der Waals surface area contributed by atoms with E-state index >= 15 is 0 Å². The number of para-hydroxylation sites is 1. The minimum Gasteiger partial charge on any atom is -0.493 e. The molecule has 5 heteroatoms. The molecule has 122 valence electrons. The van der Waals surface area contributed by atoms with Crippen LogP contribution in [0.2, 0.25) is 0 Å². The van der Waals surface area contributed by atoms with Crippen LogP contribution in [0, 0.1) is 0 Å². The lowest BCUT2D eigenvalue weighted by Crippen LogP contribution is -2.55. The molecule has 1 aliphatic carbocycles. The summed E-state index contributed by atoms with van der Waals surface area (Å²) < 4.78 is 5.66. The van der Waals surface area contributed by atoms with Gasteiger partial charge in [0.25, 0.3) is 0 Å². The second-order valence-electron chi connectivity index (χ2n) is 6.30. The van der Waals surface area contributed by atoms with Crippen LogP contribution in [-0.4, -0.2) is 24.6 Å². The van der Waals surface area contributed by atoms with Crippen molar-refractivity contribution in [2.45, 2.75) is 50.0 Å². The maximum Gasteiger partial charge on any atom is 0.240 e. The average molecular weight is 325 g/mol. The molecule has 0 radical (unpaired) electrons. The monoisotopic (exact) mass is 324 g/mol. The molecule has 1 fully saturated rings. The van der Waals surface area contributed by atoms with Crippen molar-refractivity contribution in [3.63, 3.8) is 0 Å². The van der Waals surface area contributed by atoms with E-state index in [-0.39, 0.29) is 18.3 Å². The van der Waals surface area contributed by atoms with Crippen LogP contribution in [0.25, 0.3) is 0 Å². The Morgan fingerprint density at radius 1 is 1.27 bits per heavy atom. The summed E-state index contributed by atoms with van der Waals surface area (Å²) in [6.45, 7) is 1.36. The zero-order valence-corrected chi connectivity index (χ0v) is 13.7. The van der Waals surface area contributed by atoms with Crippen molar-refractivity contribution in [2.75, 3.05) is 13.2 Å². The molecule has 1 aromatic carbocycles. The fourth-order valence-electron chi connectivity index (χ4n) is 3.43. The Kier molecular flexibility index (Phi) is 5.70. The van der Waals surface area contributed by atoms with Crippen LogP contribution in [0.5, 0.6) is 5.75 Å². The van der Waals surface area contributed by atoms with Gasteiger partial charge in [-0.2, -0.15) is 0 Å². The lowest BCUT2D eigenvalue weighted by atomic mass is 9.81. The SMILES string of the molecule is Cl.NC1(C(=O)NCC2CCOc3ccccc32)CCCCC1. The van der Waals surface area contributed by atoms with Gasteiger partial charge in [-0.05, 0) is 30.9 Å². The normalized spacial score (nSPS) is 22.7. The number of hydrogen-bond donors (Lipinski definition) is 2. The van der Waals surface area contributed by atoms with Crippen LogP contribution in [0.3, 0.4) is 0 Å². The molecular formula is C17H25ClN2O2. The van der Waals surface area contributed by atoms with Gasteiger partial charge in [0.05, 0.1) is 12.1 Å². The lowest BCUT2D eigenvalue weighted by molar-refractivity contribution is -0.127. The van der Waals surface area contributed by atoms with E-state index in [0.29, 0.717) is 19.1 Å². The van der Waals surface area contributed by atoms with Gasteiger partial charge in [-0.3, -0.25) is 4.79 Å². The van der Waals surface area contributed by atoms with Gasteiger partial charge in [-0.25, -0.2) is 0 Å². The van der Waals surface area contributed by atoms with Crippen molar-refractivity contribution in [3.05, 3.63) is 29.8 Å². The summed E-state index contributed by atoms with van der Waals surface area (Å²) in [4.78, 5) is 12.4. The highest BCUT2D eigenvalue weighted by atomic mass is 35.5. The Hall–Kier alpha value is -1.26. The first-order chi connectivity index (χ1) is 10.2. The minimum atomic E-state index is -0.650. The van der Waals surface area contributed by atoms with Crippen molar-refractivity contribution >= 4 is 18.3 Å². The number of benzene rings is 1. The highest BCUT2D eigenvalue weighted by Crippen LogP contribution is 2.33. The molecule has 22 heavy (non-hydrogen) atoms. The molecule has 0 spiro atoms. The molecule has 1 aromatic rings. The number of nitrogens with one attached hydrogen (secondary N) is 1. The molecular weight excluding hydrogens is 300 g/mol. The van der Waals surface area contributed by atoms with E-state index in [2.05, 4.69) is 11.4 Å². The number of carbonyl (C=O) groups is 1. The Morgan fingerprint density at radius 2 is 2.00 bits per heavy atom. The first-order valence-electron chi connectivity index (χ1n) is 7.98. The van der Waals surface area contributed by atoms with Crippen LogP contribution >= 0.6 is 12.4 Å². The fraction of sp³-hybridized carbons (Fsp3) is 0.588. The molecule has 1 unspecified atom stereocenters. The zero-order valence-electron chi connectivity index (χ0n) is 12.8. The van der Waals surface area contributed by atoms with Gasteiger partial charge in [0.1, 0.15) is 5.75 Å². The smallest absolute Gasteiger partial charge is 0.240 e. The summed E-state index contributed by atoms with van der Waals surface area (Å²) in [5.74, 6) is 1.29.